The third-order valence-electron chi connectivity index (χ3n) is 6.59. The molecule has 5 rings (SSSR count). The molecule has 2 amide bonds. The molecule has 0 aliphatic rings. The number of aromatic nitrogens is 4. The van der Waals surface area contributed by atoms with Crippen LogP contribution in [0.3, 0.4) is 0 Å². The number of methoxy groups -OCH3 is 1. The van der Waals surface area contributed by atoms with Gasteiger partial charge in [0.25, 0.3) is 5.56 Å². The molecule has 0 bridgehead atoms. The average molecular weight is 642 g/mol. The minimum atomic E-state index is -2.86. The third kappa shape index (κ3) is 6.11. The number of amides is 2. The SMILES string of the molecule is [2H]C([2H])([2H])ONC(=O)Nc1ccc(-c2sc3c(c2CN(C)N=O)c(=O)n(-c2ccc(OC)nn2)c(=O)n3Cc2c(F)cccc2F)cc1. The Bertz CT molecular complexity index is 2100. The number of nitroso groups, excluding NO2 is 1. The molecule has 0 atom stereocenters. The van der Waals surface area contributed by atoms with Gasteiger partial charge in [-0.2, -0.15) is 0 Å². The summed E-state index contributed by atoms with van der Waals surface area (Å²) in [5, 5.41) is 14.0. The van der Waals surface area contributed by atoms with Crippen LogP contribution in [0.1, 0.15) is 15.2 Å². The number of benzene rings is 2. The molecule has 3 aromatic heterocycles. The summed E-state index contributed by atoms with van der Waals surface area (Å²) in [7, 11) is -0.147. The monoisotopic (exact) mass is 641 g/mol. The summed E-state index contributed by atoms with van der Waals surface area (Å²) < 4.78 is 57.5. The predicted molar refractivity (Wildman–Crippen MR) is 161 cm³/mol. The Kier molecular flexibility index (Phi) is 7.80. The number of hydroxylamine groups is 1. The van der Waals surface area contributed by atoms with Crippen LogP contribution in [0.15, 0.2) is 69.5 Å². The number of nitrogens with zero attached hydrogens (tertiary/aromatic N) is 6. The lowest BCUT2D eigenvalue weighted by atomic mass is 10.1. The molecule has 0 spiro atoms. The number of hydrogen-bond donors (Lipinski definition) is 2. The Morgan fingerprint density at radius 2 is 1.82 bits per heavy atom. The van der Waals surface area contributed by atoms with Gasteiger partial charge in [-0.3, -0.25) is 19.2 Å². The zero-order valence-electron chi connectivity index (χ0n) is 26.4. The molecule has 0 aliphatic heterocycles. The van der Waals surface area contributed by atoms with Gasteiger partial charge in [-0.15, -0.1) is 26.4 Å². The number of halogens is 2. The van der Waals surface area contributed by atoms with Gasteiger partial charge in [0.1, 0.15) is 16.5 Å². The zero-order chi connectivity index (χ0) is 34.7. The molecule has 0 saturated heterocycles. The van der Waals surface area contributed by atoms with Gasteiger partial charge in [0.05, 0.1) is 42.0 Å². The highest BCUT2D eigenvalue weighted by Crippen LogP contribution is 2.38. The first-order chi connectivity index (χ1) is 22.8. The van der Waals surface area contributed by atoms with Crippen LogP contribution in [-0.4, -0.2) is 51.6 Å². The normalized spacial score (nSPS) is 12.2. The molecule has 0 fully saturated rings. The Morgan fingerprint density at radius 1 is 1.09 bits per heavy atom. The molecule has 5 aromatic rings. The van der Waals surface area contributed by atoms with Crippen LogP contribution in [0.2, 0.25) is 0 Å². The van der Waals surface area contributed by atoms with E-state index in [1.807, 2.05) is 0 Å². The second kappa shape index (κ2) is 13.0. The number of thiophene rings is 1. The van der Waals surface area contributed by atoms with Crippen LogP contribution >= 0.6 is 11.3 Å². The van der Waals surface area contributed by atoms with E-state index in [0.717, 1.165) is 33.0 Å². The fraction of sp³-hybridized carbons (Fsp3) is 0.179. The quantitative estimate of drug-likeness (QED) is 0.171. The highest BCUT2D eigenvalue weighted by atomic mass is 32.1. The van der Waals surface area contributed by atoms with Crippen LogP contribution in [0.5, 0.6) is 5.88 Å². The lowest BCUT2D eigenvalue weighted by molar-refractivity contribution is 0.114. The molecule has 2 aromatic carbocycles. The summed E-state index contributed by atoms with van der Waals surface area (Å²) in [5.74, 6) is -1.95. The molecule has 0 unspecified atom stereocenters. The van der Waals surface area contributed by atoms with Crippen LogP contribution in [0.4, 0.5) is 19.3 Å². The van der Waals surface area contributed by atoms with E-state index < -0.39 is 48.1 Å². The van der Waals surface area contributed by atoms with E-state index >= 15 is 0 Å². The average Bonchev–Trinajstić information content (AvgIpc) is 3.42. The van der Waals surface area contributed by atoms with E-state index in [4.69, 9.17) is 8.85 Å². The summed E-state index contributed by atoms with van der Waals surface area (Å²) in [6.45, 7) is -0.835. The van der Waals surface area contributed by atoms with Crippen molar-refractivity contribution in [3.8, 4) is 22.1 Å². The molecule has 232 valence electrons. The third-order valence-corrected chi connectivity index (χ3v) is 7.89. The number of carbonyl (C=O) groups excluding carboxylic acids is 1. The Balaban J connectivity index is 1.72. The van der Waals surface area contributed by atoms with E-state index in [2.05, 4.69) is 25.6 Å². The maximum Gasteiger partial charge on any atom is 0.343 e. The lowest BCUT2D eigenvalue weighted by Crippen LogP contribution is -2.39. The van der Waals surface area contributed by atoms with E-state index in [1.54, 1.807) is 17.6 Å². The van der Waals surface area contributed by atoms with Crippen LogP contribution < -0.4 is 26.8 Å². The number of ether oxygens (including phenoxy) is 1. The highest BCUT2D eigenvalue weighted by Gasteiger charge is 2.26. The van der Waals surface area contributed by atoms with Crippen LogP contribution in [0, 0.1) is 16.5 Å². The first-order valence-corrected chi connectivity index (χ1v) is 13.6. The second-order valence-electron chi connectivity index (χ2n) is 9.37. The standard InChI is InChI=1S/C28H24F2N8O6S/c1-36(35-42)13-18-23-25(39)38(21-11-12-22(43-2)33-32-21)28(41)37(14-17-19(29)5-4-6-20(17)30)26(23)45-24(18)15-7-9-16(10-8-15)31-27(40)34-44-3/h4-12H,13-14H2,1-3H3,(H2,31,34,40)/i3D3. The number of urea groups is 1. The van der Waals surface area contributed by atoms with Gasteiger partial charge in [-0.05, 0) is 35.9 Å². The summed E-state index contributed by atoms with van der Waals surface area (Å²) in [6, 6.07) is 11.0. The smallest absolute Gasteiger partial charge is 0.343 e. The van der Waals surface area contributed by atoms with Crippen molar-refractivity contribution in [3.05, 3.63) is 103 Å². The number of nitrogens with one attached hydrogen (secondary N) is 2. The van der Waals surface area contributed by atoms with Crippen molar-refractivity contribution >= 4 is 33.3 Å². The van der Waals surface area contributed by atoms with Gasteiger partial charge in [0.15, 0.2) is 5.82 Å². The summed E-state index contributed by atoms with van der Waals surface area (Å²) in [6.07, 6.45) is 0. The van der Waals surface area contributed by atoms with Crippen molar-refractivity contribution in [2.45, 2.75) is 13.1 Å². The minimum absolute atomic E-state index is 0.0399. The van der Waals surface area contributed by atoms with Gasteiger partial charge in [0, 0.05) is 34.8 Å². The van der Waals surface area contributed by atoms with E-state index in [9.17, 15) is 28.1 Å². The number of rotatable bonds is 10. The highest BCUT2D eigenvalue weighted by molar-refractivity contribution is 7.22. The van der Waals surface area contributed by atoms with E-state index in [1.165, 1.54) is 44.5 Å². The van der Waals surface area contributed by atoms with Crippen molar-refractivity contribution in [2.24, 2.45) is 5.29 Å². The largest absolute Gasteiger partial charge is 0.480 e. The molecule has 45 heavy (non-hydrogen) atoms. The predicted octanol–water partition coefficient (Wildman–Crippen LogP) is 3.80. The zero-order valence-corrected chi connectivity index (χ0v) is 24.2. The topological polar surface area (TPSA) is 162 Å². The molecule has 14 nitrogen and oxygen atoms in total. The summed E-state index contributed by atoms with van der Waals surface area (Å²) >= 11 is 0.952. The number of fused-ring (bicyclic) bond motifs is 1. The summed E-state index contributed by atoms with van der Waals surface area (Å²) in [5.41, 5.74) is 0.434. The first kappa shape index (κ1) is 27.0. The number of anilines is 1. The van der Waals surface area contributed by atoms with Crippen molar-refractivity contribution in [1.82, 2.24) is 29.8 Å². The van der Waals surface area contributed by atoms with Gasteiger partial charge in [-0.25, -0.2) is 28.4 Å². The van der Waals surface area contributed by atoms with Crippen LogP contribution in [0.25, 0.3) is 26.5 Å². The Morgan fingerprint density at radius 3 is 2.44 bits per heavy atom. The Labute approximate surface area is 260 Å². The van der Waals surface area contributed by atoms with Crippen molar-refractivity contribution < 1.29 is 27.3 Å². The van der Waals surface area contributed by atoms with Gasteiger partial charge < -0.3 is 10.1 Å². The van der Waals surface area contributed by atoms with Gasteiger partial charge in [0.2, 0.25) is 5.88 Å². The van der Waals surface area contributed by atoms with Crippen molar-refractivity contribution in [3.63, 3.8) is 0 Å². The van der Waals surface area contributed by atoms with Crippen LogP contribution in [-0.2, 0) is 17.9 Å². The lowest BCUT2D eigenvalue weighted by Gasteiger charge is -2.14. The fourth-order valence-electron chi connectivity index (χ4n) is 4.54. The maximum absolute atomic E-state index is 14.9. The molecule has 0 saturated carbocycles. The first-order valence-electron chi connectivity index (χ1n) is 14.3. The summed E-state index contributed by atoms with van der Waals surface area (Å²) in [4.78, 5) is 56.4. The van der Waals surface area contributed by atoms with Crippen molar-refractivity contribution in [1.29, 1.82) is 0 Å². The molecular weight excluding hydrogens is 614 g/mol. The molecule has 2 N–H and O–H groups in total. The number of carbonyl (C=O) groups is 1. The van der Waals surface area contributed by atoms with Gasteiger partial charge >= 0.3 is 11.7 Å². The minimum Gasteiger partial charge on any atom is -0.480 e. The molecule has 3 heterocycles. The molecule has 17 heteroatoms. The number of hydrogen-bond acceptors (Lipinski definition) is 10. The Hall–Kier alpha value is -5.55. The van der Waals surface area contributed by atoms with E-state index in [0.29, 0.717) is 15.0 Å². The molecule has 0 radical (unpaired) electrons. The maximum atomic E-state index is 14.9. The van der Waals surface area contributed by atoms with Gasteiger partial charge in [-0.1, -0.05) is 18.2 Å². The molecular formula is C28H24F2N8O6S. The fourth-order valence-corrected chi connectivity index (χ4v) is 5.84. The molecule has 0 aliphatic carbocycles. The second-order valence-corrected chi connectivity index (χ2v) is 10.4. The van der Waals surface area contributed by atoms with Crippen molar-refractivity contribution in [2.75, 3.05) is 26.5 Å². The van der Waals surface area contributed by atoms with E-state index in [-0.39, 0.29) is 39.7 Å².